The van der Waals surface area contributed by atoms with Crippen LogP contribution >= 0.6 is 0 Å². The smallest absolute Gasteiger partial charge is 0.308 e. The van der Waals surface area contributed by atoms with E-state index in [0.717, 1.165) is 24.8 Å². The van der Waals surface area contributed by atoms with E-state index in [0.29, 0.717) is 26.2 Å². The Labute approximate surface area is 287 Å². The lowest BCUT2D eigenvalue weighted by Crippen LogP contribution is -2.53. The second-order valence-electron chi connectivity index (χ2n) is 13.8. The highest BCUT2D eigenvalue weighted by Gasteiger charge is 2.60. The van der Waals surface area contributed by atoms with Crippen molar-refractivity contribution in [3.8, 4) is 0 Å². The molecule has 272 valence electrons. The zero-order chi connectivity index (χ0) is 35.4. The number of amides is 2. The number of rotatable bonds is 17. The van der Waals surface area contributed by atoms with Crippen molar-refractivity contribution < 1.29 is 42.8 Å². The molecule has 3 fully saturated rings. The molecule has 0 aliphatic carbocycles. The molecule has 3 aliphatic rings. The third-order valence-corrected chi connectivity index (χ3v) is 9.04. The highest BCUT2D eigenvalue weighted by molar-refractivity contribution is 5.87. The number of nitrogens with one attached hydrogen (secondary N) is 2. The minimum Gasteiger partial charge on any atom is -0.458 e. The molecular formula is C37H60N2O9. The maximum absolute atomic E-state index is 12.6. The number of ether oxygens (including phenoxy) is 6. The third-order valence-electron chi connectivity index (χ3n) is 9.04. The van der Waals surface area contributed by atoms with Gasteiger partial charge in [-0.1, -0.05) is 51.5 Å². The monoisotopic (exact) mass is 676 g/mol. The second kappa shape index (κ2) is 19.0. The summed E-state index contributed by atoms with van der Waals surface area (Å²) in [6.45, 7) is 19.0. The van der Waals surface area contributed by atoms with E-state index in [1.54, 1.807) is 26.8 Å². The molecular weight excluding hydrogens is 616 g/mol. The van der Waals surface area contributed by atoms with Crippen LogP contribution in [0.15, 0.2) is 36.0 Å². The van der Waals surface area contributed by atoms with Crippen LogP contribution in [0.25, 0.3) is 0 Å². The molecule has 1 unspecified atom stereocenters. The van der Waals surface area contributed by atoms with E-state index >= 15 is 0 Å². The molecule has 11 heteroatoms. The van der Waals surface area contributed by atoms with Gasteiger partial charge in [0.1, 0.15) is 23.9 Å². The predicted molar refractivity (Wildman–Crippen MR) is 183 cm³/mol. The van der Waals surface area contributed by atoms with Crippen LogP contribution in [0.3, 0.4) is 0 Å². The number of epoxide rings is 1. The molecule has 1 spiro atoms. The van der Waals surface area contributed by atoms with Crippen LogP contribution in [-0.4, -0.2) is 92.1 Å². The van der Waals surface area contributed by atoms with Crippen molar-refractivity contribution in [2.45, 2.75) is 149 Å². The van der Waals surface area contributed by atoms with Crippen LogP contribution < -0.4 is 10.6 Å². The maximum Gasteiger partial charge on any atom is 0.308 e. The molecule has 0 radical (unpaired) electrons. The van der Waals surface area contributed by atoms with Gasteiger partial charge in [0.2, 0.25) is 11.8 Å². The Bertz CT molecular complexity index is 1150. The summed E-state index contributed by atoms with van der Waals surface area (Å²) >= 11 is 0. The molecule has 3 rings (SSSR count). The van der Waals surface area contributed by atoms with Crippen LogP contribution in [0.4, 0.5) is 0 Å². The molecule has 0 aromatic carbocycles. The number of esters is 1. The van der Waals surface area contributed by atoms with Gasteiger partial charge in [0.25, 0.3) is 0 Å². The Morgan fingerprint density at radius 3 is 2.44 bits per heavy atom. The van der Waals surface area contributed by atoms with Gasteiger partial charge >= 0.3 is 5.97 Å². The number of carbonyl (C=O) groups is 3. The molecule has 3 aliphatic heterocycles. The first-order valence-electron chi connectivity index (χ1n) is 17.8. The van der Waals surface area contributed by atoms with E-state index in [4.69, 9.17) is 28.4 Å². The van der Waals surface area contributed by atoms with E-state index in [-0.39, 0.29) is 66.5 Å². The first kappa shape index (κ1) is 39.9. The SMILES string of the molecule is CCCNC(=O)C[C@@H]1C[C@@]2(CO2)[C@H](OC(C)OCC)[C@@H](C=CC(C)=CC[C@@H]2O[C@H](C)[C@H](NC(=O)C=C[C@H](C)OC(=O)C(C)C)C[C@@H]2C)O1. The standard InChI is InChI=1S/C37H60N2O9/c1-10-18-38-34(41)20-29-21-37(22-44-37)35(47-28(9)43-11-2)32(48-29)16-13-24(5)12-15-31-25(6)19-30(27(8)46-31)39-33(40)17-14-26(7)45-36(42)23(3)4/h12-14,16-17,23,25-32,35H,10-11,15,18-22H2,1-9H3,(H,38,41)(H,39,40)/t25-,26-,27+,28?,29+,30+,31-,32+,35+,37+/m0/s1. The Balaban J connectivity index is 1.58. The topological polar surface area (TPSA) is 134 Å². The number of carbonyl (C=O) groups excluding carboxylic acids is 3. The summed E-state index contributed by atoms with van der Waals surface area (Å²) in [6.07, 6.45) is 10.4. The lowest BCUT2D eigenvalue weighted by molar-refractivity contribution is -0.226. The summed E-state index contributed by atoms with van der Waals surface area (Å²) in [6, 6.07) is -0.125. The summed E-state index contributed by atoms with van der Waals surface area (Å²) < 4.78 is 36.1. The van der Waals surface area contributed by atoms with Gasteiger partial charge in [0, 0.05) is 25.6 Å². The molecule has 3 saturated heterocycles. The average Bonchev–Trinajstić information content (AvgIpc) is 3.79. The minimum atomic E-state index is -0.492. The summed E-state index contributed by atoms with van der Waals surface area (Å²) in [4.78, 5) is 36.9. The van der Waals surface area contributed by atoms with E-state index in [2.05, 4.69) is 23.6 Å². The molecule has 0 aromatic heterocycles. The largest absolute Gasteiger partial charge is 0.458 e. The molecule has 3 heterocycles. The lowest BCUT2D eigenvalue weighted by atomic mass is 9.87. The van der Waals surface area contributed by atoms with Gasteiger partial charge < -0.3 is 39.1 Å². The van der Waals surface area contributed by atoms with Gasteiger partial charge in [-0.25, -0.2) is 0 Å². The van der Waals surface area contributed by atoms with Crippen molar-refractivity contribution in [3.05, 3.63) is 36.0 Å². The summed E-state index contributed by atoms with van der Waals surface area (Å²) in [5.74, 6) is -0.556. The van der Waals surface area contributed by atoms with Crippen molar-refractivity contribution in [1.29, 1.82) is 0 Å². The van der Waals surface area contributed by atoms with Crippen LogP contribution in [0.5, 0.6) is 0 Å². The quantitative estimate of drug-likeness (QED) is 0.0723. The Morgan fingerprint density at radius 1 is 1.06 bits per heavy atom. The summed E-state index contributed by atoms with van der Waals surface area (Å²) in [7, 11) is 0. The second-order valence-corrected chi connectivity index (χ2v) is 13.8. The highest BCUT2D eigenvalue weighted by atomic mass is 16.7. The molecule has 10 atom stereocenters. The van der Waals surface area contributed by atoms with Gasteiger partial charge in [-0.3, -0.25) is 14.4 Å². The maximum atomic E-state index is 12.6. The fourth-order valence-corrected chi connectivity index (χ4v) is 6.15. The van der Waals surface area contributed by atoms with Crippen molar-refractivity contribution >= 4 is 17.8 Å². The van der Waals surface area contributed by atoms with E-state index in [1.165, 1.54) is 6.08 Å². The normalized spacial score (nSPS) is 32.0. The van der Waals surface area contributed by atoms with Crippen molar-refractivity contribution in [2.75, 3.05) is 19.8 Å². The van der Waals surface area contributed by atoms with Gasteiger partial charge in [-0.2, -0.15) is 0 Å². The summed E-state index contributed by atoms with van der Waals surface area (Å²) in [5, 5.41) is 6.00. The van der Waals surface area contributed by atoms with E-state index in [9.17, 15) is 14.4 Å². The van der Waals surface area contributed by atoms with E-state index < -0.39 is 24.1 Å². The van der Waals surface area contributed by atoms with Crippen LogP contribution in [0, 0.1) is 11.8 Å². The Hall–Kier alpha value is -2.57. The van der Waals surface area contributed by atoms with Crippen LogP contribution in [0.2, 0.25) is 0 Å². The molecule has 0 saturated carbocycles. The third kappa shape index (κ3) is 12.4. The number of hydrogen-bond acceptors (Lipinski definition) is 9. The van der Waals surface area contributed by atoms with Gasteiger partial charge in [-0.05, 0) is 65.9 Å². The summed E-state index contributed by atoms with van der Waals surface area (Å²) in [5.41, 5.74) is 0.564. The van der Waals surface area contributed by atoms with Crippen molar-refractivity contribution in [1.82, 2.24) is 10.6 Å². The number of allylic oxidation sites excluding steroid dienone is 2. The molecule has 2 amide bonds. The zero-order valence-electron chi connectivity index (χ0n) is 30.5. The van der Waals surface area contributed by atoms with Crippen LogP contribution in [-0.2, 0) is 42.8 Å². The zero-order valence-corrected chi connectivity index (χ0v) is 30.5. The highest BCUT2D eigenvalue weighted by Crippen LogP contribution is 2.45. The fraction of sp³-hybridized carbons (Fsp3) is 0.757. The fourth-order valence-electron chi connectivity index (χ4n) is 6.15. The first-order valence-corrected chi connectivity index (χ1v) is 17.8. The molecule has 0 aromatic rings. The predicted octanol–water partition coefficient (Wildman–Crippen LogP) is 4.93. The van der Waals surface area contributed by atoms with E-state index in [1.807, 2.05) is 46.8 Å². The van der Waals surface area contributed by atoms with Gasteiger partial charge in [0.05, 0.1) is 43.3 Å². The van der Waals surface area contributed by atoms with Crippen LogP contribution in [0.1, 0.15) is 94.4 Å². The lowest BCUT2D eigenvalue weighted by Gasteiger charge is -2.40. The molecule has 48 heavy (non-hydrogen) atoms. The molecule has 2 N–H and O–H groups in total. The first-order chi connectivity index (χ1) is 22.8. The Kier molecular flexibility index (Phi) is 15.8. The Morgan fingerprint density at radius 2 is 1.79 bits per heavy atom. The number of hydrogen-bond donors (Lipinski definition) is 2. The van der Waals surface area contributed by atoms with Crippen molar-refractivity contribution in [2.24, 2.45) is 11.8 Å². The minimum absolute atomic E-state index is 0.00529. The van der Waals surface area contributed by atoms with Crippen molar-refractivity contribution in [3.63, 3.8) is 0 Å². The van der Waals surface area contributed by atoms with Gasteiger partial charge in [-0.15, -0.1) is 0 Å². The van der Waals surface area contributed by atoms with Gasteiger partial charge in [0.15, 0.2) is 6.29 Å². The molecule has 11 nitrogen and oxygen atoms in total. The average molecular weight is 677 g/mol. The molecule has 0 bridgehead atoms.